The molecule has 1 amide bonds. The minimum Gasteiger partial charge on any atom is -0.322 e. The summed E-state index contributed by atoms with van der Waals surface area (Å²) in [7, 11) is 0. The third kappa shape index (κ3) is 2.93. The van der Waals surface area contributed by atoms with Crippen molar-refractivity contribution in [3.63, 3.8) is 0 Å². The van der Waals surface area contributed by atoms with Gasteiger partial charge >= 0.3 is 0 Å². The molecule has 0 aliphatic heterocycles. The quantitative estimate of drug-likeness (QED) is 0.862. The van der Waals surface area contributed by atoms with Gasteiger partial charge in [-0.15, -0.1) is 0 Å². The van der Waals surface area contributed by atoms with Crippen molar-refractivity contribution in [2.75, 3.05) is 5.32 Å². The number of anilines is 1. The summed E-state index contributed by atoms with van der Waals surface area (Å²) in [5, 5.41) is 2.79. The maximum Gasteiger partial charge on any atom is 0.255 e. The predicted octanol–water partition coefficient (Wildman–Crippen LogP) is 4.61. The topological polar surface area (TPSA) is 29.1 Å². The van der Waals surface area contributed by atoms with Gasteiger partial charge in [0.1, 0.15) is 5.82 Å². The Hall–Kier alpha value is -1.87. The molecule has 21 heavy (non-hydrogen) atoms. The lowest BCUT2D eigenvalue weighted by atomic mass is 9.88. The predicted molar refractivity (Wildman–Crippen MR) is 82.4 cm³/mol. The van der Waals surface area contributed by atoms with Crippen molar-refractivity contribution in [2.45, 2.75) is 25.7 Å². The lowest BCUT2D eigenvalue weighted by Gasteiger charge is -2.19. The van der Waals surface area contributed by atoms with Gasteiger partial charge in [0, 0.05) is 11.3 Å². The van der Waals surface area contributed by atoms with Gasteiger partial charge in [0.25, 0.3) is 5.91 Å². The van der Waals surface area contributed by atoms with Gasteiger partial charge in [0.05, 0.1) is 5.02 Å². The third-order valence-corrected chi connectivity index (χ3v) is 4.12. The molecule has 2 aromatic rings. The van der Waals surface area contributed by atoms with E-state index >= 15 is 0 Å². The Labute approximate surface area is 127 Å². The maximum absolute atomic E-state index is 13.4. The number of rotatable bonds is 2. The van der Waals surface area contributed by atoms with Crippen LogP contribution in [0.1, 0.15) is 34.3 Å². The highest BCUT2D eigenvalue weighted by molar-refractivity contribution is 6.30. The molecule has 0 radical (unpaired) electrons. The molecular weight excluding hydrogens is 289 g/mol. The molecule has 4 heteroatoms. The molecule has 0 spiro atoms. The fraction of sp³-hybridized carbons (Fsp3) is 0.235. The highest BCUT2D eigenvalue weighted by Gasteiger charge is 2.17. The van der Waals surface area contributed by atoms with Gasteiger partial charge in [-0.2, -0.15) is 0 Å². The number of hydrogen-bond donors (Lipinski definition) is 1. The Morgan fingerprint density at radius 2 is 1.95 bits per heavy atom. The van der Waals surface area contributed by atoms with Crippen molar-refractivity contribution in [1.29, 1.82) is 0 Å². The summed E-state index contributed by atoms with van der Waals surface area (Å²) in [6.45, 7) is 0. The smallest absolute Gasteiger partial charge is 0.255 e. The summed E-state index contributed by atoms with van der Waals surface area (Å²) in [4.78, 5) is 12.4. The molecule has 1 N–H and O–H groups in total. The first-order chi connectivity index (χ1) is 10.1. The summed E-state index contributed by atoms with van der Waals surface area (Å²) < 4.78 is 13.4. The van der Waals surface area contributed by atoms with Gasteiger partial charge in [-0.25, -0.2) is 4.39 Å². The lowest BCUT2D eigenvalue weighted by Crippen LogP contribution is -2.17. The number of carbonyl (C=O) groups excluding carboxylic acids is 1. The summed E-state index contributed by atoms with van der Waals surface area (Å²) in [6.07, 6.45) is 4.22. The van der Waals surface area contributed by atoms with E-state index in [9.17, 15) is 9.18 Å². The first-order valence-corrected chi connectivity index (χ1v) is 7.40. The standard InChI is InChI=1S/C17H15ClFNO/c18-15-9-8-12(10-16(15)19)20-17(21)14-7-3-5-11-4-1-2-6-13(11)14/h3,5,7-10H,1-2,4,6H2,(H,20,21). The molecule has 108 valence electrons. The normalized spacial score (nSPS) is 13.6. The van der Waals surface area contributed by atoms with Crippen molar-refractivity contribution in [1.82, 2.24) is 0 Å². The first kappa shape index (κ1) is 14.1. The van der Waals surface area contributed by atoms with E-state index < -0.39 is 5.82 Å². The minimum atomic E-state index is -0.537. The van der Waals surface area contributed by atoms with Gasteiger partial charge in [0.2, 0.25) is 0 Å². The zero-order valence-corrected chi connectivity index (χ0v) is 12.2. The van der Waals surface area contributed by atoms with E-state index in [-0.39, 0.29) is 10.9 Å². The zero-order valence-electron chi connectivity index (χ0n) is 11.5. The van der Waals surface area contributed by atoms with E-state index in [4.69, 9.17) is 11.6 Å². The molecule has 0 unspecified atom stereocenters. The van der Waals surface area contributed by atoms with Crippen molar-refractivity contribution in [3.05, 3.63) is 63.9 Å². The van der Waals surface area contributed by atoms with Crippen LogP contribution in [-0.4, -0.2) is 5.91 Å². The average molecular weight is 304 g/mol. The Balaban J connectivity index is 1.87. The Kier molecular flexibility index (Phi) is 3.93. The van der Waals surface area contributed by atoms with E-state index in [0.29, 0.717) is 11.3 Å². The van der Waals surface area contributed by atoms with Crippen molar-refractivity contribution in [2.24, 2.45) is 0 Å². The molecule has 0 saturated heterocycles. The molecule has 2 aromatic carbocycles. The van der Waals surface area contributed by atoms with Crippen LogP contribution >= 0.6 is 11.6 Å². The van der Waals surface area contributed by atoms with E-state index in [0.717, 1.165) is 24.8 Å². The summed E-state index contributed by atoms with van der Waals surface area (Å²) in [6, 6.07) is 10.1. The van der Waals surface area contributed by atoms with Crippen LogP contribution in [0, 0.1) is 5.82 Å². The largest absolute Gasteiger partial charge is 0.322 e. The number of benzene rings is 2. The van der Waals surface area contributed by atoms with Crippen LogP contribution in [0.25, 0.3) is 0 Å². The van der Waals surface area contributed by atoms with Crippen molar-refractivity contribution < 1.29 is 9.18 Å². The average Bonchev–Trinajstić information content (AvgIpc) is 2.50. The molecule has 2 nitrogen and oxygen atoms in total. The zero-order chi connectivity index (χ0) is 14.8. The number of fused-ring (bicyclic) bond motifs is 1. The number of aryl methyl sites for hydroxylation is 1. The number of carbonyl (C=O) groups is 1. The molecule has 0 heterocycles. The molecule has 0 bridgehead atoms. The summed E-state index contributed by atoms with van der Waals surface area (Å²) in [5.41, 5.74) is 3.46. The number of amides is 1. The highest BCUT2D eigenvalue weighted by atomic mass is 35.5. The van der Waals surface area contributed by atoms with E-state index in [2.05, 4.69) is 11.4 Å². The number of hydrogen-bond acceptors (Lipinski definition) is 1. The minimum absolute atomic E-state index is 0.0464. The SMILES string of the molecule is O=C(Nc1ccc(Cl)c(F)c1)c1cccc2c1CCCC2. The van der Waals surface area contributed by atoms with Crippen LogP contribution in [0.5, 0.6) is 0 Å². The first-order valence-electron chi connectivity index (χ1n) is 7.02. The second kappa shape index (κ2) is 5.86. The fourth-order valence-corrected chi connectivity index (χ4v) is 2.88. The van der Waals surface area contributed by atoms with E-state index in [1.165, 1.54) is 24.1 Å². The van der Waals surface area contributed by atoms with Crippen LogP contribution in [0.4, 0.5) is 10.1 Å². The summed E-state index contributed by atoms with van der Waals surface area (Å²) in [5.74, 6) is -0.736. The Morgan fingerprint density at radius 1 is 1.14 bits per heavy atom. The highest BCUT2D eigenvalue weighted by Crippen LogP contribution is 2.25. The van der Waals surface area contributed by atoms with Crippen LogP contribution in [0.3, 0.4) is 0 Å². The molecule has 0 atom stereocenters. The molecule has 0 aromatic heterocycles. The second-order valence-corrected chi connectivity index (χ2v) is 5.64. The van der Waals surface area contributed by atoms with Gasteiger partial charge in [0.15, 0.2) is 0 Å². The molecule has 0 saturated carbocycles. The molecule has 0 fully saturated rings. The van der Waals surface area contributed by atoms with Gasteiger partial charge in [-0.3, -0.25) is 4.79 Å². The van der Waals surface area contributed by atoms with Gasteiger partial charge in [-0.1, -0.05) is 23.7 Å². The molecule has 1 aliphatic carbocycles. The molecule has 1 aliphatic rings. The van der Waals surface area contributed by atoms with E-state index in [1.807, 2.05) is 12.1 Å². The van der Waals surface area contributed by atoms with Crippen LogP contribution in [-0.2, 0) is 12.8 Å². The van der Waals surface area contributed by atoms with Crippen molar-refractivity contribution in [3.8, 4) is 0 Å². The Bertz CT molecular complexity index is 699. The lowest BCUT2D eigenvalue weighted by molar-refractivity contribution is 0.102. The van der Waals surface area contributed by atoms with Crippen LogP contribution in [0.2, 0.25) is 5.02 Å². The van der Waals surface area contributed by atoms with Crippen LogP contribution < -0.4 is 5.32 Å². The van der Waals surface area contributed by atoms with Gasteiger partial charge < -0.3 is 5.32 Å². The summed E-state index contributed by atoms with van der Waals surface area (Å²) >= 11 is 5.64. The van der Waals surface area contributed by atoms with Crippen molar-refractivity contribution >= 4 is 23.2 Å². The molecule has 3 rings (SSSR count). The monoisotopic (exact) mass is 303 g/mol. The maximum atomic E-state index is 13.4. The third-order valence-electron chi connectivity index (χ3n) is 3.82. The molecular formula is C17H15ClFNO. The number of nitrogens with one attached hydrogen (secondary N) is 1. The Morgan fingerprint density at radius 3 is 2.76 bits per heavy atom. The second-order valence-electron chi connectivity index (χ2n) is 5.23. The van der Waals surface area contributed by atoms with Gasteiger partial charge in [-0.05, 0) is 61.1 Å². The van der Waals surface area contributed by atoms with E-state index in [1.54, 1.807) is 6.07 Å². The fourth-order valence-electron chi connectivity index (χ4n) is 2.77. The number of halogens is 2. The van der Waals surface area contributed by atoms with Crippen LogP contribution in [0.15, 0.2) is 36.4 Å².